The number of ether oxygens (including phenoxy) is 1. The van der Waals surface area contributed by atoms with E-state index in [0.717, 1.165) is 19.3 Å². The Morgan fingerprint density at radius 2 is 1.74 bits per heavy atom. The Balaban J connectivity index is 1.44. The minimum absolute atomic E-state index is 0.125. The van der Waals surface area contributed by atoms with Gasteiger partial charge in [0, 0.05) is 9.89 Å². The van der Waals surface area contributed by atoms with Crippen molar-refractivity contribution < 1.29 is 14.3 Å². The lowest BCUT2D eigenvalue weighted by atomic mass is 9.49. The Kier molecular flexibility index (Phi) is 3.63. The molecule has 2 unspecified atom stereocenters. The van der Waals surface area contributed by atoms with Gasteiger partial charge in [-0.2, -0.15) is 0 Å². The van der Waals surface area contributed by atoms with Crippen LogP contribution in [0.4, 0.5) is 0 Å². The van der Waals surface area contributed by atoms with Gasteiger partial charge in [-0.05, 0) is 50.4 Å². The summed E-state index contributed by atoms with van der Waals surface area (Å²) in [6.45, 7) is -0.144. The van der Waals surface area contributed by atoms with E-state index in [1.165, 1.54) is 19.3 Å². The Hall–Kier alpha value is -1.16. The van der Waals surface area contributed by atoms with Crippen molar-refractivity contribution in [1.29, 1.82) is 0 Å². The molecule has 4 heteroatoms. The first-order chi connectivity index (χ1) is 11.0. The topological polar surface area (TPSA) is 43.4 Å². The first kappa shape index (κ1) is 15.4. The third-order valence-corrected chi connectivity index (χ3v) is 6.78. The molecular weight excluding hydrogens is 356 g/mol. The number of benzene rings is 1. The van der Waals surface area contributed by atoms with E-state index < -0.39 is 0 Å². The van der Waals surface area contributed by atoms with Crippen LogP contribution in [0, 0.1) is 17.3 Å². The second-order valence-electron chi connectivity index (χ2n) is 7.76. The second-order valence-corrected chi connectivity index (χ2v) is 9.44. The molecule has 1 aromatic rings. The molecule has 0 amide bonds. The molecule has 0 aliphatic heterocycles. The van der Waals surface area contributed by atoms with E-state index >= 15 is 0 Å². The molecule has 23 heavy (non-hydrogen) atoms. The van der Waals surface area contributed by atoms with Crippen LogP contribution < -0.4 is 0 Å². The number of alkyl halides is 1. The highest BCUT2D eigenvalue weighted by Gasteiger charge is 2.60. The van der Waals surface area contributed by atoms with Gasteiger partial charge in [0.1, 0.15) is 0 Å². The van der Waals surface area contributed by atoms with Gasteiger partial charge in [0.2, 0.25) is 0 Å². The molecule has 0 N–H and O–H groups in total. The van der Waals surface area contributed by atoms with Crippen molar-refractivity contribution in [2.24, 2.45) is 17.3 Å². The minimum atomic E-state index is -0.357. The number of rotatable bonds is 4. The fourth-order valence-corrected chi connectivity index (χ4v) is 6.83. The molecule has 0 aromatic heterocycles. The van der Waals surface area contributed by atoms with Crippen LogP contribution in [0.25, 0.3) is 0 Å². The van der Waals surface area contributed by atoms with Crippen molar-refractivity contribution in [1.82, 2.24) is 0 Å². The second kappa shape index (κ2) is 5.44. The number of hydrogen-bond acceptors (Lipinski definition) is 3. The summed E-state index contributed by atoms with van der Waals surface area (Å²) < 4.78 is 5.60. The van der Waals surface area contributed by atoms with Gasteiger partial charge in [-0.3, -0.25) is 9.59 Å². The molecule has 4 aliphatic rings. The summed E-state index contributed by atoms with van der Waals surface area (Å²) in [6.07, 6.45) is 6.37. The fourth-order valence-electron chi connectivity index (χ4n) is 5.38. The molecule has 5 rings (SSSR count). The van der Waals surface area contributed by atoms with Crippen LogP contribution in [-0.2, 0) is 9.53 Å². The minimum Gasteiger partial charge on any atom is -0.457 e. The average molecular weight is 377 g/mol. The van der Waals surface area contributed by atoms with Crippen LogP contribution in [0.15, 0.2) is 30.3 Å². The summed E-state index contributed by atoms with van der Waals surface area (Å²) in [6, 6.07) is 9.03. The van der Waals surface area contributed by atoms with Gasteiger partial charge in [0.05, 0.1) is 5.41 Å². The average Bonchev–Trinajstić information content (AvgIpc) is 2.50. The highest BCUT2D eigenvalue weighted by atomic mass is 79.9. The maximum atomic E-state index is 12.8. The molecule has 0 spiro atoms. The molecule has 0 saturated heterocycles. The third kappa shape index (κ3) is 2.75. The Labute approximate surface area is 144 Å². The van der Waals surface area contributed by atoms with Crippen LogP contribution in [-0.4, -0.2) is 22.7 Å². The van der Waals surface area contributed by atoms with Gasteiger partial charge in [0.25, 0.3) is 0 Å². The lowest BCUT2D eigenvalue weighted by molar-refractivity contribution is -0.168. The van der Waals surface area contributed by atoms with Gasteiger partial charge in [-0.25, -0.2) is 0 Å². The molecule has 4 aliphatic carbocycles. The molecule has 4 bridgehead atoms. The molecule has 3 nitrogen and oxygen atoms in total. The SMILES string of the molecule is O=C(COC(=O)C12CC3CC(CC(Br)(C3)C1)C2)c1ccccc1. The summed E-state index contributed by atoms with van der Waals surface area (Å²) in [5.41, 5.74) is 0.243. The lowest BCUT2D eigenvalue weighted by Crippen LogP contribution is -2.56. The van der Waals surface area contributed by atoms with Crippen molar-refractivity contribution >= 4 is 27.7 Å². The quantitative estimate of drug-likeness (QED) is 0.450. The largest absolute Gasteiger partial charge is 0.457 e. The molecule has 1 aromatic carbocycles. The van der Waals surface area contributed by atoms with Gasteiger partial charge in [-0.1, -0.05) is 46.3 Å². The molecule has 122 valence electrons. The zero-order chi connectivity index (χ0) is 16.1. The van der Waals surface area contributed by atoms with E-state index in [1.807, 2.05) is 18.2 Å². The normalized spacial score (nSPS) is 37.6. The van der Waals surface area contributed by atoms with Crippen LogP contribution in [0.2, 0.25) is 0 Å². The maximum absolute atomic E-state index is 12.8. The van der Waals surface area contributed by atoms with Crippen LogP contribution in [0.3, 0.4) is 0 Å². The highest BCUT2D eigenvalue weighted by molar-refractivity contribution is 9.10. The summed E-state index contributed by atoms with van der Waals surface area (Å²) in [4.78, 5) is 24.9. The number of Topliss-reactive ketones (excluding diaryl/α,β-unsaturated/α-hetero) is 1. The predicted molar refractivity (Wildman–Crippen MR) is 90.5 cm³/mol. The van der Waals surface area contributed by atoms with Gasteiger partial charge < -0.3 is 4.74 Å². The maximum Gasteiger partial charge on any atom is 0.312 e. The summed E-state index contributed by atoms with van der Waals surface area (Å²) >= 11 is 3.90. The Bertz CT molecular complexity index is 625. The van der Waals surface area contributed by atoms with Crippen LogP contribution >= 0.6 is 15.9 Å². The number of esters is 1. The summed E-state index contributed by atoms with van der Waals surface area (Å²) in [7, 11) is 0. The smallest absolute Gasteiger partial charge is 0.312 e. The molecule has 4 saturated carbocycles. The monoisotopic (exact) mass is 376 g/mol. The van der Waals surface area contributed by atoms with Gasteiger partial charge in [-0.15, -0.1) is 0 Å². The van der Waals surface area contributed by atoms with E-state index in [9.17, 15) is 9.59 Å². The van der Waals surface area contributed by atoms with Crippen molar-refractivity contribution in [2.75, 3.05) is 6.61 Å². The van der Waals surface area contributed by atoms with Crippen LogP contribution in [0.1, 0.15) is 48.9 Å². The first-order valence-corrected chi connectivity index (χ1v) is 9.22. The van der Waals surface area contributed by atoms with Gasteiger partial charge >= 0.3 is 5.97 Å². The lowest BCUT2D eigenvalue weighted by Gasteiger charge is -2.58. The van der Waals surface area contributed by atoms with E-state index in [2.05, 4.69) is 15.9 Å². The van der Waals surface area contributed by atoms with E-state index in [4.69, 9.17) is 4.74 Å². The van der Waals surface area contributed by atoms with E-state index in [1.54, 1.807) is 12.1 Å². The number of hydrogen-bond donors (Lipinski definition) is 0. The molecule has 0 radical (unpaired) electrons. The molecule has 4 fully saturated rings. The third-order valence-electron chi connectivity index (χ3n) is 5.85. The molecule has 2 atom stereocenters. The van der Waals surface area contributed by atoms with Crippen molar-refractivity contribution in [3.8, 4) is 0 Å². The van der Waals surface area contributed by atoms with Crippen molar-refractivity contribution in [2.45, 2.75) is 42.8 Å². The number of carbonyl (C=O) groups excluding carboxylic acids is 2. The first-order valence-electron chi connectivity index (χ1n) is 8.43. The Morgan fingerprint density at radius 1 is 1.09 bits per heavy atom. The number of halogens is 1. The van der Waals surface area contributed by atoms with Gasteiger partial charge in [0.15, 0.2) is 12.4 Å². The zero-order valence-electron chi connectivity index (χ0n) is 13.1. The van der Waals surface area contributed by atoms with E-state index in [-0.39, 0.29) is 28.1 Å². The van der Waals surface area contributed by atoms with Crippen molar-refractivity contribution in [3.05, 3.63) is 35.9 Å². The molecular formula is C19H21BrO3. The van der Waals surface area contributed by atoms with Crippen LogP contribution in [0.5, 0.6) is 0 Å². The predicted octanol–water partition coefficient (Wildman–Crippen LogP) is 4.15. The zero-order valence-corrected chi connectivity index (χ0v) is 14.7. The summed E-state index contributed by atoms with van der Waals surface area (Å²) in [5.74, 6) is 0.984. The number of carbonyl (C=O) groups is 2. The van der Waals surface area contributed by atoms with Crippen molar-refractivity contribution in [3.63, 3.8) is 0 Å². The fraction of sp³-hybridized carbons (Fsp3) is 0.579. The number of ketones is 1. The molecule has 0 heterocycles. The summed E-state index contributed by atoms with van der Waals surface area (Å²) in [5, 5.41) is 0. The van der Waals surface area contributed by atoms with E-state index in [0.29, 0.717) is 17.4 Å². The Morgan fingerprint density at radius 3 is 2.35 bits per heavy atom. The highest BCUT2D eigenvalue weighted by Crippen LogP contribution is 2.64. The standard InChI is InChI=1S/C19H21BrO3/c20-19-9-13-6-14(10-19)8-18(7-13,12-19)17(22)23-11-16(21)15-4-2-1-3-5-15/h1-5,13-14H,6-12H2.